The Bertz CT molecular complexity index is 291. The number of fused-ring (bicyclic) bond motifs is 1. The van der Waals surface area contributed by atoms with Crippen LogP contribution in [0.25, 0.3) is 0 Å². The molecule has 1 aromatic heterocycles. The van der Waals surface area contributed by atoms with Crippen LogP contribution < -0.4 is 0 Å². The van der Waals surface area contributed by atoms with Crippen molar-refractivity contribution in [2.24, 2.45) is 0 Å². The van der Waals surface area contributed by atoms with E-state index in [2.05, 4.69) is 4.74 Å². The number of ether oxygens (including phenoxy) is 2. The lowest BCUT2D eigenvalue weighted by Crippen LogP contribution is -1.98. The number of rotatable bonds is 1. The SMILES string of the molecule is COC(=O)c1cc2c(o1)COC2. The van der Waals surface area contributed by atoms with Crippen molar-refractivity contribution >= 4 is 5.97 Å². The van der Waals surface area contributed by atoms with Crippen molar-refractivity contribution in [3.8, 4) is 0 Å². The average molecular weight is 168 g/mol. The number of furan rings is 1. The quantitative estimate of drug-likeness (QED) is 0.589. The number of carbonyl (C=O) groups is 1. The monoisotopic (exact) mass is 168 g/mol. The molecule has 2 heterocycles. The molecule has 0 atom stereocenters. The van der Waals surface area contributed by atoms with Crippen molar-refractivity contribution in [3.05, 3.63) is 23.2 Å². The molecule has 0 unspecified atom stereocenters. The van der Waals surface area contributed by atoms with Gasteiger partial charge in [-0.25, -0.2) is 4.79 Å². The van der Waals surface area contributed by atoms with Gasteiger partial charge in [-0.3, -0.25) is 0 Å². The molecule has 64 valence electrons. The van der Waals surface area contributed by atoms with Gasteiger partial charge in [0.05, 0.1) is 13.7 Å². The Morgan fingerprint density at radius 2 is 2.42 bits per heavy atom. The second-order valence-corrected chi connectivity index (χ2v) is 2.54. The van der Waals surface area contributed by atoms with Gasteiger partial charge in [-0.2, -0.15) is 0 Å². The lowest BCUT2D eigenvalue weighted by atomic mass is 10.3. The molecule has 0 amide bonds. The third kappa shape index (κ3) is 1.00. The van der Waals surface area contributed by atoms with E-state index in [0.29, 0.717) is 13.2 Å². The molecule has 4 nitrogen and oxygen atoms in total. The zero-order chi connectivity index (χ0) is 8.55. The molecule has 1 aliphatic rings. The molecule has 0 aromatic carbocycles. The van der Waals surface area contributed by atoms with Crippen LogP contribution in [0.3, 0.4) is 0 Å². The summed E-state index contributed by atoms with van der Waals surface area (Å²) >= 11 is 0. The minimum atomic E-state index is -0.440. The van der Waals surface area contributed by atoms with E-state index < -0.39 is 5.97 Å². The highest BCUT2D eigenvalue weighted by Gasteiger charge is 2.20. The first-order valence-corrected chi connectivity index (χ1v) is 3.59. The molecule has 0 N–H and O–H groups in total. The fraction of sp³-hybridized carbons (Fsp3) is 0.375. The van der Waals surface area contributed by atoms with Crippen LogP contribution in [0.5, 0.6) is 0 Å². The number of hydrogen-bond donors (Lipinski definition) is 0. The molecule has 4 heteroatoms. The molecule has 1 aliphatic heterocycles. The second-order valence-electron chi connectivity index (χ2n) is 2.54. The van der Waals surface area contributed by atoms with Crippen LogP contribution in [-0.4, -0.2) is 13.1 Å². The minimum absolute atomic E-state index is 0.255. The van der Waals surface area contributed by atoms with Crippen molar-refractivity contribution < 1.29 is 18.7 Å². The van der Waals surface area contributed by atoms with Crippen LogP contribution in [0.15, 0.2) is 10.5 Å². The molecule has 0 spiro atoms. The van der Waals surface area contributed by atoms with E-state index >= 15 is 0 Å². The van der Waals surface area contributed by atoms with E-state index in [-0.39, 0.29) is 5.76 Å². The Morgan fingerprint density at radius 3 is 3.08 bits per heavy atom. The molecule has 1 aromatic rings. The highest BCUT2D eigenvalue weighted by Crippen LogP contribution is 2.23. The van der Waals surface area contributed by atoms with Gasteiger partial charge in [0.1, 0.15) is 12.4 Å². The lowest BCUT2D eigenvalue weighted by Gasteiger charge is -1.93. The molecular formula is C8H8O4. The largest absolute Gasteiger partial charge is 0.463 e. The van der Waals surface area contributed by atoms with Crippen LogP contribution in [0.2, 0.25) is 0 Å². The van der Waals surface area contributed by atoms with E-state index in [0.717, 1.165) is 11.3 Å². The number of methoxy groups -OCH3 is 1. The van der Waals surface area contributed by atoms with Gasteiger partial charge in [0.25, 0.3) is 0 Å². The zero-order valence-electron chi connectivity index (χ0n) is 6.62. The van der Waals surface area contributed by atoms with E-state index in [1.54, 1.807) is 6.07 Å². The Morgan fingerprint density at radius 1 is 1.58 bits per heavy atom. The smallest absolute Gasteiger partial charge is 0.373 e. The summed E-state index contributed by atoms with van der Waals surface area (Å²) in [4.78, 5) is 11.0. The Labute approximate surface area is 69.1 Å². The second kappa shape index (κ2) is 2.64. The van der Waals surface area contributed by atoms with Crippen molar-refractivity contribution in [2.75, 3.05) is 7.11 Å². The third-order valence-electron chi connectivity index (χ3n) is 1.77. The molecule has 0 aliphatic carbocycles. The fourth-order valence-electron chi connectivity index (χ4n) is 1.17. The molecule has 0 radical (unpaired) electrons. The van der Waals surface area contributed by atoms with E-state index in [4.69, 9.17) is 9.15 Å². The first kappa shape index (κ1) is 7.36. The maximum absolute atomic E-state index is 11.0. The predicted octanol–water partition coefficient (Wildman–Crippen LogP) is 1.10. The molecule has 0 bridgehead atoms. The summed E-state index contributed by atoms with van der Waals surface area (Å²) in [6.07, 6.45) is 0. The summed E-state index contributed by atoms with van der Waals surface area (Å²) < 4.78 is 14.8. The zero-order valence-corrected chi connectivity index (χ0v) is 6.62. The van der Waals surface area contributed by atoms with Gasteiger partial charge in [-0.1, -0.05) is 0 Å². The molecule has 12 heavy (non-hydrogen) atoms. The van der Waals surface area contributed by atoms with Crippen molar-refractivity contribution in [3.63, 3.8) is 0 Å². The van der Waals surface area contributed by atoms with Gasteiger partial charge in [0.2, 0.25) is 5.76 Å². The first-order valence-electron chi connectivity index (χ1n) is 3.59. The summed E-state index contributed by atoms with van der Waals surface area (Å²) in [5, 5.41) is 0. The summed E-state index contributed by atoms with van der Waals surface area (Å²) in [5.74, 6) is 0.547. The van der Waals surface area contributed by atoms with Gasteiger partial charge in [-0.05, 0) is 6.07 Å². The first-order chi connectivity index (χ1) is 5.81. The molecule has 0 saturated heterocycles. The molecular weight excluding hydrogens is 160 g/mol. The summed E-state index contributed by atoms with van der Waals surface area (Å²) in [6, 6.07) is 1.66. The standard InChI is InChI=1S/C8H8O4/c1-10-8(9)6-2-5-3-11-4-7(5)12-6/h2H,3-4H2,1H3. The van der Waals surface area contributed by atoms with Gasteiger partial charge < -0.3 is 13.9 Å². The molecule has 0 saturated carbocycles. The number of esters is 1. The van der Waals surface area contributed by atoms with Gasteiger partial charge in [0, 0.05) is 5.56 Å². The van der Waals surface area contributed by atoms with Crippen LogP contribution in [0.1, 0.15) is 21.9 Å². The van der Waals surface area contributed by atoms with Crippen LogP contribution >= 0.6 is 0 Å². The summed E-state index contributed by atoms with van der Waals surface area (Å²) in [6.45, 7) is 0.974. The van der Waals surface area contributed by atoms with Gasteiger partial charge in [-0.15, -0.1) is 0 Å². The maximum atomic E-state index is 11.0. The minimum Gasteiger partial charge on any atom is -0.463 e. The van der Waals surface area contributed by atoms with E-state index in [1.807, 2.05) is 0 Å². The van der Waals surface area contributed by atoms with Crippen LogP contribution in [0, 0.1) is 0 Å². The fourth-order valence-corrected chi connectivity index (χ4v) is 1.17. The molecule has 0 fully saturated rings. The summed E-state index contributed by atoms with van der Waals surface area (Å²) in [5.41, 5.74) is 0.940. The predicted molar refractivity (Wildman–Crippen MR) is 38.5 cm³/mol. The normalized spacial score (nSPS) is 14.4. The number of carbonyl (C=O) groups excluding carboxylic acids is 1. The Hall–Kier alpha value is -1.29. The van der Waals surface area contributed by atoms with E-state index in [9.17, 15) is 4.79 Å². The highest BCUT2D eigenvalue weighted by atomic mass is 16.5. The average Bonchev–Trinajstić information content (AvgIpc) is 2.60. The van der Waals surface area contributed by atoms with Gasteiger partial charge >= 0.3 is 5.97 Å². The van der Waals surface area contributed by atoms with E-state index in [1.165, 1.54) is 7.11 Å². The van der Waals surface area contributed by atoms with Crippen molar-refractivity contribution in [1.29, 1.82) is 0 Å². The lowest BCUT2D eigenvalue weighted by molar-refractivity contribution is 0.0555. The van der Waals surface area contributed by atoms with Crippen LogP contribution in [0.4, 0.5) is 0 Å². The van der Waals surface area contributed by atoms with Crippen LogP contribution in [-0.2, 0) is 22.7 Å². The Kier molecular flexibility index (Phi) is 1.62. The topological polar surface area (TPSA) is 48.7 Å². The van der Waals surface area contributed by atoms with Gasteiger partial charge in [0.15, 0.2) is 0 Å². The van der Waals surface area contributed by atoms with Crippen molar-refractivity contribution in [1.82, 2.24) is 0 Å². The maximum Gasteiger partial charge on any atom is 0.373 e. The van der Waals surface area contributed by atoms with Crippen molar-refractivity contribution in [2.45, 2.75) is 13.2 Å². The Balaban J connectivity index is 2.31. The molecule has 2 rings (SSSR count). The highest BCUT2D eigenvalue weighted by molar-refractivity contribution is 5.86. The summed E-state index contributed by atoms with van der Waals surface area (Å²) in [7, 11) is 1.33. The number of hydrogen-bond acceptors (Lipinski definition) is 4. The third-order valence-corrected chi connectivity index (χ3v) is 1.77.